The highest BCUT2D eigenvalue weighted by Crippen LogP contribution is 2.26. The zero-order chi connectivity index (χ0) is 17.0. The van der Waals surface area contributed by atoms with Gasteiger partial charge < -0.3 is 19.7 Å². The quantitative estimate of drug-likeness (QED) is 0.884. The molecule has 0 aliphatic carbocycles. The fourth-order valence-corrected chi connectivity index (χ4v) is 1.99. The monoisotopic (exact) mass is 317 g/mol. The van der Waals surface area contributed by atoms with Crippen LogP contribution in [0.15, 0.2) is 28.9 Å². The Morgan fingerprint density at radius 1 is 1.35 bits per heavy atom. The minimum absolute atomic E-state index is 0.0986. The van der Waals surface area contributed by atoms with Gasteiger partial charge in [-0.15, -0.1) is 0 Å². The van der Waals surface area contributed by atoms with Gasteiger partial charge in [-0.3, -0.25) is 4.79 Å². The van der Waals surface area contributed by atoms with Crippen molar-refractivity contribution in [1.29, 1.82) is 0 Å². The molecule has 7 nitrogen and oxygen atoms in total. The molecule has 0 spiro atoms. The lowest BCUT2D eigenvalue weighted by Gasteiger charge is -2.17. The van der Waals surface area contributed by atoms with Crippen molar-refractivity contribution >= 4 is 17.7 Å². The number of carbonyl (C=O) groups excluding carboxylic acids is 1. The van der Waals surface area contributed by atoms with Gasteiger partial charge in [0, 0.05) is 24.8 Å². The molecule has 23 heavy (non-hydrogen) atoms. The molecule has 0 saturated carbocycles. The summed E-state index contributed by atoms with van der Waals surface area (Å²) in [6.07, 6.45) is 1.47. The van der Waals surface area contributed by atoms with E-state index < -0.39 is 5.97 Å². The standard InChI is InChI=1S/C16H19N3O4/c1-10-4-5-12(8-13(10)15-17-11(2)9-23-15)18-16(22)19(3)7-6-14(20)21/h4-5,8-9H,6-7H2,1-3H3,(H,18,22)(H,20,21). The lowest BCUT2D eigenvalue weighted by molar-refractivity contribution is -0.137. The number of carboxylic acid groups (broad SMARTS) is 1. The molecule has 1 aromatic heterocycles. The number of carbonyl (C=O) groups is 2. The Bertz CT molecular complexity index is 724. The molecular weight excluding hydrogens is 298 g/mol. The molecule has 0 atom stereocenters. The van der Waals surface area contributed by atoms with Crippen molar-refractivity contribution in [3.8, 4) is 11.5 Å². The SMILES string of the molecule is Cc1coc(-c2cc(NC(=O)N(C)CCC(=O)O)ccc2C)n1. The normalized spacial score (nSPS) is 10.4. The molecule has 0 fully saturated rings. The zero-order valence-electron chi connectivity index (χ0n) is 13.3. The molecule has 0 radical (unpaired) electrons. The predicted molar refractivity (Wildman–Crippen MR) is 85.3 cm³/mol. The summed E-state index contributed by atoms with van der Waals surface area (Å²) in [7, 11) is 1.55. The highest BCUT2D eigenvalue weighted by Gasteiger charge is 2.13. The highest BCUT2D eigenvalue weighted by atomic mass is 16.4. The van der Waals surface area contributed by atoms with Crippen LogP contribution in [-0.4, -0.2) is 40.6 Å². The van der Waals surface area contributed by atoms with Crippen LogP contribution >= 0.6 is 0 Å². The summed E-state index contributed by atoms with van der Waals surface area (Å²) in [5.41, 5.74) is 3.14. The van der Waals surface area contributed by atoms with Crippen molar-refractivity contribution in [2.45, 2.75) is 20.3 Å². The van der Waals surface area contributed by atoms with Crippen molar-refractivity contribution in [2.24, 2.45) is 0 Å². The summed E-state index contributed by atoms with van der Waals surface area (Å²) in [6, 6.07) is 5.05. The average molecular weight is 317 g/mol. The van der Waals surface area contributed by atoms with Gasteiger partial charge in [0.05, 0.1) is 12.1 Å². The van der Waals surface area contributed by atoms with E-state index >= 15 is 0 Å². The maximum Gasteiger partial charge on any atom is 0.321 e. The van der Waals surface area contributed by atoms with Gasteiger partial charge in [-0.1, -0.05) is 6.07 Å². The number of carboxylic acids is 1. The maximum atomic E-state index is 12.0. The van der Waals surface area contributed by atoms with E-state index in [9.17, 15) is 9.59 Å². The molecule has 2 aromatic rings. The van der Waals surface area contributed by atoms with Crippen LogP contribution in [0, 0.1) is 13.8 Å². The van der Waals surface area contributed by atoms with Crippen LogP contribution in [0.5, 0.6) is 0 Å². The molecule has 0 unspecified atom stereocenters. The Hall–Kier alpha value is -2.83. The van der Waals surface area contributed by atoms with Crippen LogP contribution in [0.2, 0.25) is 0 Å². The number of anilines is 1. The zero-order valence-corrected chi connectivity index (χ0v) is 13.3. The molecule has 2 rings (SSSR count). The summed E-state index contributed by atoms with van der Waals surface area (Å²) in [4.78, 5) is 28.2. The molecule has 1 heterocycles. The van der Waals surface area contributed by atoms with E-state index in [-0.39, 0.29) is 19.0 Å². The van der Waals surface area contributed by atoms with Crippen molar-refractivity contribution in [1.82, 2.24) is 9.88 Å². The Labute approximate surface area is 133 Å². The number of aromatic nitrogens is 1. The van der Waals surface area contributed by atoms with Crippen molar-refractivity contribution in [2.75, 3.05) is 18.9 Å². The number of oxazole rings is 1. The third kappa shape index (κ3) is 4.32. The summed E-state index contributed by atoms with van der Waals surface area (Å²) in [5, 5.41) is 11.4. The Morgan fingerprint density at radius 2 is 2.09 bits per heavy atom. The van der Waals surface area contributed by atoms with Gasteiger partial charge in [0.25, 0.3) is 0 Å². The lowest BCUT2D eigenvalue weighted by atomic mass is 10.1. The summed E-state index contributed by atoms with van der Waals surface area (Å²) in [5.74, 6) is -0.447. The molecule has 2 amide bonds. The topological polar surface area (TPSA) is 95.7 Å². The van der Waals surface area contributed by atoms with E-state index in [1.165, 1.54) is 4.90 Å². The molecule has 0 saturated heterocycles. The average Bonchev–Trinajstić information content (AvgIpc) is 2.92. The molecule has 122 valence electrons. The van der Waals surface area contributed by atoms with Crippen molar-refractivity contribution < 1.29 is 19.1 Å². The molecule has 1 aromatic carbocycles. The van der Waals surface area contributed by atoms with Crippen LogP contribution in [0.4, 0.5) is 10.5 Å². The second kappa shape index (κ2) is 6.95. The fourth-order valence-electron chi connectivity index (χ4n) is 1.99. The molecule has 0 aliphatic heterocycles. The van der Waals surface area contributed by atoms with E-state index in [1.807, 2.05) is 19.9 Å². The first-order valence-electron chi connectivity index (χ1n) is 7.14. The van der Waals surface area contributed by atoms with Gasteiger partial charge in [0.15, 0.2) is 0 Å². The summed E-state index contributed by atoms with van der Waals surface area (Å²) in [6.45, 7) is 3.91. The van der Waals surface area contributed by atoms with Crippen LogP contribution in [0.25, 0.3) is 11.5 Å². The number of amides is 2. The smallest absolute Gasteiger partial charge is 0.321 e. The lowest BCUT2D eigenvalue weighted by Crippen LogP contribution is -2.33. The Balaban J connectivity index is 2.12. The predicted octanol–water partition coefficient (Wildman–Crippen LogP) is 2.90. The van der Waals surface area contributed by atoms with Crippen molar-refractivity contribution in [3.63, 3.8) is 0 Å². The van der Waals surface area contributed by atoms with Gasteiger partial charge in [0.1, 0.15) is 6.26 Å². The highest BCUT2D eigenvalue weighted by molar-refractivity contribution is 5.90. The third-order valence-corrected chi connectivity index (χ3v) is 3.35. The van der Waals surface area contributed by atoms with E-state index in [0.29, 0.717) is 11.6 Å². The van der Waals surface area contributed by atoms with Crippen molar-refractivity contribution in [3.05, 3.63) is 35.7 Å². The second-order valence-corrected chi connectivity index (χ2v) is 5.32. The number of rotatable bonds is 5. The maximum absolute atomic E-state index is 12.0. The number of hydrogen-bond donors (Lipinski definition) is 2. The van der Waals surface area contributed by atoms with E-state index in [0.717, 1.165) is 16.8 Å². The van der Waals surface area contributed by atoms with Crippen LogP contribution in [-0.2, 0) is 4.79 Å². The number of urea groups is 1. The number of aryl methyl sites for hydroxylation is 2. The second-order valence-electron chi connectivity index (χ2n) is 5.32. The van der Waals surface area contributed by atoms with E-state index in [1.54, 1.807) is 25.4 Å². The van der Waals surface area contributed by atoms with Gasteiger partial charge in [-0.25, -0.2) is 9.78 Å². The van der Waals surface area contributed by atoms with Gasteiger partial charge in [-0.05, 0) is 31.5 Å². The number of nitrogens with one attached hydrogen (secondary N) is 1. The number of hydrogen-bond acceptors (Lipinski definition) is 4. The fraction of sp³-hybridized carbons (Fsp3) is 0.312. The first-order valence-corrected chi connectivity index (χ1v) is 7.14. The molecule has 7 heteroatoms. The first-order chi connectivity index (χ1) is 10.9. The number of nitrogens with zero attached hydrogens (tertiary/aromatic N) is 2. The van der Waals surface area contributed by atoms with Crippen LogP contribution in [0.1, 0.15) is 17.7 Å². The van der Waals surface area contributed by atoms with Crippen LogP contribution < -0.4 is 5.32 Å². The van der Waals surface area contributed by atoms with Gasteiger partial charge in [0.2, 0.25) is 5.89 Å². The Kier molecular flexibility index (Phi) is 5.00. The van der Waals surface area contributed by atoms with Gasteiger partial charge >= 0.3 is 12.0 Å². The molecule has 2 N–H and O–H groups in total. The Morgan fingerprint density at radius 3 is 2.70 bits per heavy atom. The summed E-state index contributed by atoms with van der Waals surface area (Å²) < 4.78 is 5.40. The van der Waals surface area contributed by atoms with Crippen LogP contribution in [0.3, 0.4) is 0 Å². The van der Waals surface area contributed by atoms with E-state index in [4.69, 9.17) is 9.52 Å². The summed E-state index contributed by atoms with van der Waals surface area (Å²) >= 11 is 0. The minimum Gasteiger partial charge on any atom is -0.481 e. The number of benzene rings is 1. The van der Waals surface area contributed by atoms with E-state index in [2.05, 4.69) is 10.3 Å². The van der Waals surface area contributed by atoms with Gasteiger partial charge in [-0.2, -0.15) is 0 Å². The first kappa shape index (κ1) is 16.5. The molecule has 0 aliphatic rings. The third-order valence-electron chi connectivity index (χ3n) is 3.35. The minimum atomic E-state index is -0.943. The molecule has 0 bridgehead atoms. The largest absolute Gasteiger partial charge is 0.481 e. The number of aliphatic carboxylic acids is 1. The molecular formula is C16H19N3O4.